The van der Waals surface area contributed by atoms with Crippen LogP contribution in [0.3, 0.4) is 0 Å². The second-order valence-electron chi connectivity index (χ2n) is 2.80. The fraction of sp³-hybridized carbons (Fsp3) is 0.625. The van der Waals surface area contributed by atoms with Gasteiger partial charge < -0.3 is 19.0 Å². The van der Waals surface area contributed by atoms with E-state index in [0.29, 0.717) is 5.89 Å². The molecule has 1 unspecified atom stereocenters. The molecule has 0 aliphatic heterocycles. The molecule has 7 heteroatoms. The molecule has 0 radical (unpaired) electrons. The minimum absolute atomic E-state index is 0.0181. The molecule has 0 saturated carbocycles. The first kappa shape index (κ1) is 11.6. The van der Waals surface area contributed by atoms with Crippen LogP contribution < -0.4 is 0 Å². The van der Waals surface area contributed by atoms with Gasteiger partial charge in [0.1, 0.15) is 19.3 Å². The molecule has 0 spiro atoms. The third-order valence-corrected chi connectivity index (χ3v) is 1.63. The summed E-state index contributed by atoms with van der Waals surface area (Å²) >= 11 is 0. The summed E-state index contributed by atoms with van der Waals surface area (Å²) in [5.74, 6) is -0.471. The van der Waals surface area contributed by atoms with E-state index in [9.17, 15) is 4.79 Å². The van der Waals surface area contributed by atoms with Crippen LogP contribution in [0.5, 0.6) is 0 Å². The average Bonchev–Trinajstić information content (AvgIpc) is 2.65. The number of rotatable bonds is 6. The molecule has 1 heterocycles. The van der Waals surface area contributed by atoms with Gasteiger partial charge in [-0.25, -0.2) is 4.79 Å². The zero-order valence-corrected chi connectivity index (χ0v) is 8.47. The summed E-state index contributed by atoms with van der Waals surface area (Å²) in [6, 6.07) is 0. The molecule has 84 valence electrons. The zero-order chi connectivity index (χ0) is 11.3. The highest BCUT2D eigenvalue weighted by molar-refractivity contribution is 5.67. The molecule has 15 heavy (non-hydrogen) atoms. The van der Waals surface area contributed by atoms with Gasteiger partial charge in [-0.05, 0) is 6.92 Å². The summed E-state index contributed by atoms with van der Waals surface area (Å²) in [5.41, 5.74) is 0. The van der Waals surface area contributed by atoms with Crippen LogP contribution in [0.2, 0.25) is 0 Å². The number of hydrogen-bond acceptors (Lipinski definition) is 6. The smallest absolute Gasteiger partial charge is 0.329 e. The van der Waals surface area contributed by atoms with Crippen molar-refractivity contribution in [2.75, 3.05) is 13.7 Å². The van der Waals surface area contributed by atoms with Crippen LogP contribution in [-0.2, 0) is 20.9 Å². The second kappa shape index (κ2) is 5.42. The van der Waals surface area contributed by atoms with Gasteiger partial charge in [-0.3, -0.25) is 0 Å². The predicted octanol–water partition coefficient (Wildman–Crippen LogP) is 0.378. The van der Waals surface area contributed by atoms with Gasteiger partial charge in [-0.2, -0.15) is 0 Å². The van der Waals surface area contributed by atoms with E-state index < -0.39 is 12.6 Å². The van der Waals surface area contributed by atoms with Crippen molar-refractivity contribution in [2.24, 2.45) is 0 Å². The van der Waals surface area contributed by atoms with Gasteiger partial charge in [0.25, 0.3) is 0 Å². The Balaban J connectivity index is 2.42. The van der Waals surface area contributed by atoms with E-state index >= 15 is 0 Å². The Kier molecular flexibility index (Phi) is 4.19. The lowest BCUT2D eigenvalue weighted by atomic mass is 10.4. The first-order valence-corrected chi connectivity index (χ1v) is 4.28. The van der Waals surface area contributed by atoms with Crippen LogP contribution in [0.1, 0.15) is 24.8 Å². The number of carbonyl (C=O) groups is 1. The summed E-state index contributed by atoms with van der Waals surface area (Å²) in [4.78, 5) is 10.1. The first-order valence-electron chi connectivity index (χ1n) is 4.28. The maximum Gasteiger partial charge on any atom is 0.329 e. The summed E-state index contributed by atoms with van der Waals surface area (Å²) in [5, 5.41) is 15.7. The van der Waals surface area contributed by atoms with Crippen LogP contribution in [0, 0.1) is 0 Å². The largest absolute Gasteiger partial charge is 0.480 e. The molecule has 1 aromatic heterocycles. The van der Waals surface area contributed by atoms with Crippen molar-refractivity contribution in [1.29, 1.82) is 0 Å². The lowest BCUT2D eigenvalue weighted by Crippen LogP contribution is -2.06. The summed E-state index contributed by atoms with van der Waals surface area (Å²) in [6.07, 6.45) is -0.286. The standard InChI is InChI=1S/C8H12N2O5/c1-5(13-2)8-10-9-6(15-8)3-14-4-7(11)12/h5H,3-4H2,1-2H3,(H,11,12). The zero-order valence-electron chi connectivity index (χ0n) is 8.47. The van der Waals surface area contributed by atoms with Gasteiger partial charge in [0, 0.05) is 7.11 Å². The van der Waals surface area contributed by atoms with Crippen LogP contribution in [0.4, 0.5) is 0 Å². The third kappa shape index (κ3) is 3.64. The molecule has 1 N–H and O–H groups in total. The normalized spacial score (nSPS) is 12.7. The van der Waals surface area contributed by atoms with E-state index in [2.05, 4.69) is 10.2 Å². The Morgan fingerprint density at radius 2 is 2.33 bits per heavy atom. The van der Waals surface area contributed by atoms with E-state index in [1.807, 2.05) is 0 Å². The van der Waals surface area contributed by atoms with E-state index in [4.69, 9.17) is 19.0 Å². The molecule has 1 rings (SSSR count). The monoisotopic (exact) mass is 216 g/mol. The van der Waals surface area contributed by atoms with Crippen LogP contribution in [0.15, 0.2) is 4.42 Å². The number of carboxylic acids is 1. The molecule has 0 fully saturated rings. The molecule has 1 aromatic rings. The maximum absolute atomic E-state index is 10.1. The van der Waals surface area contributed by atoms with Crippen LogP contribution >= 0.6 is 0 Å². The van der Waals surface area contributed by atoms with Crippen molar-refractivity contribution in [2.45, 2.75) is 19.6 Å². The van der Waals surface area contributed by atoms with E-state index in [1.165, 1.54) is 7.11 Å². The van der Waals surface area contributed by atoms with E-state index in [0.717, 1.165) is 0 Å². The number of methoxy groups -OCH3 is 1. The molecule has 1 atom stereocenters. The Labute approximate surface area is 86.0 Å². The van der Waals surface area contributed by atoms with Crippen LogP contribution in [-0.4, -0.2) is 35.0 Å². The lowest BCUT2D eigenvalue weighted by molar-refractivity contribution is -0.142. The predicted molar refractivity (Wildman–Crippen MR) is 47.0 cm³/mol. The third-order valence-electron chi connectivity index (χ3n) is 1.63. The number of carboxylic acid groups (broad SMARTS) is 1. The van der Waals surface area contributed by atoms with Gasteiger partial charge in [0.05, 0.1) is 0 Å². The van der Waals surface area contributed by atoms with Gasteiger partial charge in [-0.15, -0.1) is 10.2 Å². The minimum atomic E-state index is -1.04. The lowest BCUT2D eigenvalue weighted by Gasteiger charge is -2.01. The quantitative estimate of drug-likeness (QED) is 0.734. The van der Waals surface area contributed by atoms with Gasteiger partial charge >= 0.3 is 5.97 Å². The molecular formula is C8H12N2O5. The second-order valence-corrected chi connectivity index (χ2v) is 2.80. The number of aliphatic carboxylic acids is 1. The van der Waals surface area contributed by atoms with Crippen molar-refractivity contribution in [1.82, 2.24) is 10.2 Å². The van der Waals surface area contributed by atoms with Crippen molar-refractivity contribution in [3.05, 3.63) is 11.8 Å². The molecular weight excluding hydrogens is 204 g/mol. The number of ether oxygens (including phenoxy) is 2. The fourth-order valence-electron chi connectivity index (χ4n) is 0.816. The van der Waals surface area contributed by atoms with Gasteiger partial charge in [0.2, 0.25) is 11.8 Å². The van der Waals surface area contributed by atoms with Gasteiger partial charge in [-0.1, -0.05) is 0 Å². The van der Waals surface area contributed by atoms with Gasteiger partial charge in [0.15, 0.2) is 0 Å². The molecule has 0 aliphatic rings. The number of aromatic nitrogens is 2. The first-order chi connectivity index (χ1) is 7.13. The Bertz CT molecular complexity index is 325. The Morgan fingerprint density at radius 3 is 2.93 bits per heavy atom. The Morgan fingerprint density at radius 1 is 1.60 bits per heavy atom. The highest BCUT2D eigenvalue weighted by Crippen LogP contribution is 2.13. The topological polar surface area (TPSA) is 94.7 Å². The molecule has 0 aliphatic carbocycles. The Hall–Kier alpha value is -1.47. The maximum atomic E-state index is 10.1. The van der Waals surface area contributed by atoms with E-state index in [1.54, 1.807) is 6.92 Å². The molecule has 0 saturated heterocycles. The molecule has 7 nitrogen and oxygen atoms in total. The summed E-state index contributed by atoms with van der Waals surface area (Å²) < 4.78 is 14.9. The molecule has 0 amide bonds. The fourth-order valence-corrected chi connectivity index (χ4v) is 0.816. The number of nitrogens with zero attached hydrogens (tertiary/aromatic N) is 2. The van der Waals surface area contributed by atoms with Crippen LogP contribution in [0.25, 0.3) is 0 Å². The SMILES string of the molecule is COC(C)c1nnc(COCC(=O)O)o1. The summed E-state index contributed by atoms with van der Waals surface area (Å²) in [7, 11) is 1.52. The van der Waals surface area contributed by atoms with Crippen molar-refractivity contribution < 1.29 is 23.8 Å². The molecule has 0 bridgehead atoms. The molecule has 0 aromatic carbocycles. The van der Waals surface area contributed by atoms with Crippen molar-refractivity contribution >= 4 is 5.97 Å². The highest BCUT2D eigenvalue weighted by atomic mass is 16.5. The van der Waals surface area contributed by atoms with E-state index in [-0.39, 0.29) is 18.6 Å². The van der Waals surface area contributed by atoms with Crippen molar-refractivity contribution in [3.63, 3.8) is 0 Å². The van der Waals surface area contributed by atoms with Crippen molar-refractivity contribution in [3.8, 4) is 0 Å². The summed E-state index contributed by atoms with van der Waals surface area (Å²) in [6.45, 7) is 1.35. The number of hydrogen-bond donors (Lipinski definition) is 1. The minimum Gasteiger partial charge on any atom is -0.480 e. The highest BCUT2D eigenvalue weighted by Gasteiger charge is 2.13. The average molecular weight is 216 g/mol.